The zero-order valence-corrected chi connectivity index (χ0v) is 14.2. The first-order chi connectivity index (χ1) is 11.2. The van der Waals surface area contributed by atoms with Gasteiger partial charge in [-0.05, 0) is 55.9 Å². The Labute approximate surface area is 140 Å². The predicted octanol–water partition coefficient (Wildman–Crippen LogP) is 3.44. The van der Waals surface area contributed by atoms with Crippen molar-refractivity contribution in [2.75, 3.05) is 0 Å². The van der Waals surface area contributed by atoms with Gasteiger partial charge in [-0.1, -0.05) is 6.58 Å². The lowest BCUT2D eigenvalue weighted by Crippen LogP contribution is -2.29. The van der Waals surface area contributed by atoms with Gasteiger partial charge >= 0.3 is 0 Å². The van der Waals surface area contributed by atoms with Gasteiger partial charge < -0.3 is 4.90 Å². The number of carbonyl (C=O) groups excluding carboxylic acids is 1. The standard InChI is InChI=1S/C18H21N3OS/c1-3-18(22)21(11-15-10-20-13(2)23-15)12-17-16-7-5-4-6-14(16)8-9-19-17/h3,8-10H,1,4-7,11-12H2,2H3. The van der Waals surface area contributed by atoms with E-state index in [0.717, 1.165) is 28.4 Å². The van der Waals surface area contributed by atoms with Gasteiger partial charge in [0.1, 0.15) is 0 Å². The number of rotatable bonds is 5. The summed E-state index contributed by atoms with van der Waals surface area (Å²) in [5.41, 5.74) is 3.75. The first-order valence-corrected chi connectivity index (χ1v) is 8.77. The quantitative estimate of drug-likeness (QED) is 0.790. The fraction of sp³-hybridized carbons (Fsp3) is 0.389. The van der Waals surface area contributed by atoms with Gasteiger partial charge in [-0.25, -0.2) is 4.98 Å². The normalized spacial score (nSPS) is 13.4. The number of amides is 1. The molecule has 1 aliphatic carbocycles. The third kappa shape index (κ3) is 3.67. The summed E-state index contributed by atoms with van der Waals surface area (Å²) in [6, 6.07) is 2.12. The van der Waals surface area contributed by atoms with Gasteiger partial charge in [0.25, 0.3) is 0 Å². The second-order valence-corrected chi connectivity index (χ2v) is 7.17. The van der Waals surface area contributed by atoms with Gasteiger partial charge in [-0.2, -0.15) is 0 Å². The molecule has 1 amide bonds. The van der Waals surface area contributed by atoms with Crippen LogP contribution in [0.15, 0.2) is 31.1 Å². The highest BCUT2D eigenvalue weighted by molar-refractivity contribution is 7.11. The molecular formula is C18H21N3OS. The highest BCUT2D eigenvalue weighted by atomic mass is 32.1. The van der Waals surface area contributed by atoms with Crippen LogP contribution in [0.1, 0.15) is 39.5 Å². The van der Waals surface area contributed by atoms with Gasteiger partial charge in [0.05, 0.1) is 23.8 Å². The van der Waals surface area contributed by atoms with Crippen molar-refractivity contribution < 1.29 is 4.79 Å². The van der Waals surface area contributed by atoms with Crippen LogP contribution in [0.25, 0.3) is 0 Å². The maximum absolute atomic E-state index is 12.3. The minimum atomic E-state index is -0.0636. The fourth-order valence-corrected chi connectivity index (χ4v) is 3.87. The molecule has 0 aliphatic heterocycles. The van der Waals surface area contributed by atoms with Crippen LogP contribution in [0, 0.1) is 6.92 Å². The molecule has 0 fully saturated rings. The van der Waals surface area contributed by atoms with E-state index in [0.29, 0.717) is 13.1 Å². The molecule has 4 nitrogen and oxygen atoms in total. The largest absolute Gasteiger partial charge is 0.328 e. The topological polar surface area (TPSA) is 46.1 Å². The van der Waals surface area contributed by atoms with Crippen LogP contribution in [0.3, 0.4) is 0 Å². The van der Waals surface area contributed by atoms with E-state index in [9.17, 15) is 4.79 Å². The minimum absolute atomic E-state index is 0.0636. The summed E-state index contributed by atoms with van der Waals surface area (Å²) in [5, 5.41) is 1.02. The molecule has 0 bridgehead atoms. The fourth-order valence-electron chi connectivity index (χ4n) is 3.06. The summed E-state index contributed by atoms with van der Waals surface area (Å²) in [6.45, 7) is 6.70. The Bertz CT molecular complexity index is 723. The molecule has 0 atom stereocenters. The van der Waals surface area contributed by atoms with E-state index in [1.54, 1.807) is 16.2 Å². The number of carbonyl (C=O) groups is 1. The van der Waals surface area contributed by atoms with Crippen molar-refractivity contribution in [3.63, 3.8) is 0 Å². The van der Waals surface area contributed by atoms with Gasteiger partial charge in [0.2, 0.25) is 5.91 Å². The summed E-state index contributed by atoms with van der Waals surface area (Å²) >= 11 is 1.62. The van der Waals surface area contributed by atoms with Gasteiger partial charge in [-0.15, -0.1) is 11.3 Å². The summed E-state index contributed by atoms with van der Waals surface area (Å²) in [7, 11) is 0. The Morgan fingerprint density at radius 1 is 1.35 bits per heavy atom. The molecular weight excluding hydrogens is 306 g/mol. The monoisotopic (exact) mass is 327 g/mol. The van der Waals surface area contributed by atoms with Crippen molar-refractivity contribution in [1.82, 2.24) is 14.9 Å². The first-order valence-electron chi connectivity index (χ1n) is 7.95. The van der Waals surface area contributed by atoms with Gasteiger partial charge in [0.15, 0.2) is 0 Å². The highest BCUT2D eigenvalue weighted by Gasteiger charge is 2.19. The Balaban J connectivity index is 1.84. The molecule has 0 saturated carbocycles. The second kappa shape index (κ2) is 7.04. The Morgan fingerprint density at radius 3 is 2.91 bits per heavy atom. The zero-order chi connectivity index (χ0) is 16.2. The van der Waals surface area contributed by atoms with Crippen LogP contribution in [0.4, 0.5) is 0 Å². The van der Waals surface area contributed by atoms with Crippen molar-refractivity contribution in [3.05, 3.63) is 57.8 Å². The van der Waals surface area contributed by atoms with Crippen molar-refractivity contribution in [3.8, 4) is 0 Å². The van der Waals surface area contributed by atoms with Crippen LogP contribution in [-0.4, -0.2) is 20.8 Å². The van der Waals surface area contributed by atoms with Crippen LogP contribution in [0.2, 0.25) is 0 Å². The lowest BCUT2D eigenvalue weighted by molar-refractivity contribution is -0.127. The maximum atomic E-state index is 12.3. The summed E-state index contributed by atoms with van der Waals surface area (Å²) in [4.78, 5) is 24.0. The molecule has 3 rings (SSSR count). The van der Waals surface area contributed by atoms with Crippen molar-refractivity contribution in [2.24, 2.45) is 0 Å². The first kappa shape index (κ1) is 15.9. The van der Waals surface area contributed by atoms with Crippen LogP contribution in [-0.2, 0) is 30.7 Å². The van der Waals surface area contributed by atoms with Crippen LogP contribution >= 0.6 is 11.3 Å². The maximum Gasteiger partial charge on any atom is 0.246 e. The van der Waals surface area contributed by atoms with E-state index in [1.165, 1.54) is 30.0 Å². The molecule has 2 aromatic rings. The minimum Gasteiger partial charge on any atom is -0.328 e. The Hall–Kier alpha value is -2.01. The van der Waals surface area contributed by atoms with Gasteiger partial charge in [0, 0.05) is 17.3 Å². The highest BCUT2D eigenvalue weighted by Crippen LogP contribution is 2.25. The number of thiazole rings is 1. The number of fused-ring (bicyclic) bond motifs is 1. The molecule has 120 valence electrons. The number of nitrogens with zero attached hydrogens (tertiary/aromatic N) is 3. The average molecular weight is 327 g/mol. The van der Waals surface area contributed by atoms with E-state index >= 15 is 0 Å². The van der Waals surface area contributed by atoms with Crippen LogP contribution in [0.5, 0.6) is 0 Å². The number of pyridine rings is 1. The van der Waals surface area contributed by atoms with E-state index in [4.69, 9.17) is 0 Å². The van der Waals surface area contributed by atoms with Crippen molar-refractivity contribution in [2.45, 2.75) is 45.7 Å². The van der Waals surface area contributed by atoms with Crippen molar-refractivity contribution >= 4 is 17.2 Å². The summed E-state index contributed by atoms with van der Waals surface area (Å²) in [5.74, 6) is -0.0636. The third-order valence-corrected chi connectivity index (χ3v) is 5.11. The Morgan fingerprint density at radius 2 is 2.17 bits per heavy atom. The molecule has 0 aromatic carbocycles. The summed E-state index contributed by atoms with van der Waals surface area (Å²) in [6.07, 6.45) is 9.72. The van der Waals surface area contributed by atoms with E-state index in [2.05, 4.69) is 22.6 Å². The lowest BCUT2D eigenvalue weighted by Gasteiger charge is -2.24. The molecule has 2 heterocycles. The van der Waals surface area contributed by atoms with Gasteiger partial charge in [-0.3, -0.25) is 9.78 Å². The number of aromatic nitrogens is 2. The molecule has 5 heteroatoms. The van der Waals surface area contributed by atoms with Crippen LogP contribution < -0.4 is 0 Å². The third-order valence-electron chi connectivity index (χ3n) is 4.21. The number of aryl methyl sites for hydroxylation is 2. The predicted molar refractivity (Wildman–Crippen MR) is 92.2 cm³/mol. The number of hydrogen-bond donors (Lipinski definition) is 0. The molecule has 23 heavy (non-hydrogen) atoms. The molecule has 0 saturated heterocycles. The van der Waals surface area contributed by atoms with E-state index < -0.39 is 0 Å². The zero-order valence-electron chi connectivity index (χ0n) is 13.4. The molecule has 0 N–H and O–H groups in total. The Kier molecular flexibility index (Phi) is 4.86. The molecule has 0 spiro atoms. The molecule has 0 radical (unpaired) electrons. The lowest BCUT2D eigenvalue weighted by atomic mass is 9.91. The number of hydrogen-bond acceptors (Lipinski definition) is 4. The SMILES string of the molecule is C=CC(=O)N(Cc1cnc(C)s1)Cc1nccc2c1CCCC2. The van der Waals surface area contributed by atoms with E-state index in [-0.39, 0.29) is 5.91 Å². The molecule has 2 aromatic heterocycles. The van der Waals surface area contributed by atoms with Crippen molar-refractivity contribution in [1.29, 1.82) is 0 Å². The second-order valence-electron chi connectivity index (χ2n) is 5.85. The average Bonchev–Trinajstić information content (AvgIpc) is 2.99. The molecule has 0 unspecified atom stereocenters. The summed E-state index contributed by atoms with van der Waals surface area (Å²) < 4.78 is 0. The smallest absolute Gasteiger partial charge is 0.246 e. The van der Waals surface area contributed by atoms with E-state index in [1.807, 2.05) is 19.3 Å². The molecule has 1 aliphatic rings.